The first-order valence-corrected chi connectivity index (χ1v) is 22.1. The molecule has 6 radical (unpaired) electrons. The van der Waals surface area contributed by atoms with Crippen LogP contribution in [0.25, 0.3) is 111 Å². The van der Waals surface area contributed by atoms with Gasteiger partial charge in [0.05, 0.1) is 27.8 Å². The number of fused-ring (bicyclic) bond motifs is 7. The first-order chi connectivity index (χ1) is 32.9. The highest BCUT2D eigenvalue weighted by molar-refractivity contribution is 6.54. The van der Waals surface area contributed by atoms with Gasteiger partial charge in [-0.1, -0.05) is 192 Å². The normalized spacial score (nSPS) is 11.6. The van der Waals surface area contributed by atoms with Crippen molar-refractivity contribution in [3.8, 4) is 73.5 Å². The summed E-state index contributed by atoms with van der Waals surface area (Å²) in [6, 6.07) is 66.1. The van der Waals surface area contributed by atoms with Crippen LogP contribution >= 0.6 is 0 Å². The first kappa shape index (κ1) is 40.1. The van der Waals surface area contributed by atoms with E-state index in [1.165, 1.54) is 0 Å². The van der Waals surface area contributed by atoms with Crippen LogP contribution in [0.15, 0.2) is 194 Å². The van der Waals surface area contributed by atoms with Crippen LogP contribution in [0.5, 0.6) is 5.75 Å². The minimum Gasteiger partial charge on any atom is -0.508 e. The molecule has 0 saturated carbocycles. The number of hydrogen-bond acceptors (Lipinski definition) is 4. The molecule has 0 atom stereocenters. The lowest BCUT2D eigenvalue weighted by molar-refractivity contribution is 0.482. The maximum Gasteiger partial charge on any atom is 0.238 e. The predicted molar refractivity (Wildman–Crippen MR) is 278 cm³/mol. The Balaban J connectivity index is 1.22. The predicted octanol–water partition coefficient (Wildman–Crippen LogP) is 10.8. The molecule has 0 aliphatic heterocycles. The highest BCUT2D eigenvalue weighted by atomic mass is 16.3. The Morgan fingerprint density at radius 2 is 0.866 bits per heavy atom. The smallest absolute Gasteiger partial charge is 0.238 e. The van der Waals surface area contributed by atoms with Gasteiger partial charge in [-0.2, -0.15) is 9.97 Å². The fourth-order valence-electron chi connectivity index (χ4n) is 9.73. The standard InChI is InChI=1S/C58H36B3N5O/c1-34-50(59)52(61)49(55(67)51(34)60)48-40(37-18-7-3-8-19-37)24-15-27-47(48)65-45-25-13-11-22-41(45)43-32-33-44-42-23-12-14-26-46(42)66(54(44)53(43)65)58-63-56(38-20-9-4-10-21-38)62-57(64-58)39-30-28-36(29-31-39)35-16-5-2-6-17-35/h2-33,67H,1H3. The third-order valence-corrected chi connectivity index (χ3v) is 13.1. The molecule has 3 aromatic heterocycles. The van der Waals surface area contributed by atoms with Gasteiger partial charge in [0.1, 0.15) is 29.3 Å². The molecule has 0 bridgehead atoms. The van der Waals surface area contributed by atoms with Crippen LogP contribution < -0.4 is 16.4 Å². The van der Waals surface area contributed by atoms with Crippen molar-refractivity contribution in [2.75, 3.05) is 0 Å². The lowest BCUT2D eigenvalue weighted by atomic mass is 9.68. The second kappa shape index (κ2) is 15.9. The summed E-state index contributed by atoms with van der Waals surface area (Å²) in [6.45, 7) is 1.77. The molecule has 0 amide bonds. The number of hydrogen-bond donors (Lipinski definition) is 1. The van der Waals surface area contributed by atoms with Gasteiger partial charge in [0.15, 0.2) is 11.6 Å². The van der Waals surface area contributed by atoms with Gasteiger partial charge in [-0.15, -0.1) is 5.46 Å². The Labute approximate surface area is 391 Å². The van der Waals surface area contributed by atoms with Crippen LogP contribution in [-0.2, 0) is 0 Å². The Morgan fingerprint density at radius 1 is 0.388 bits per heavy atom. The van der Waals surface area contributed by atoms with Crippen molar-refractivity contribution in [3.63, 3.8) is 0 Å². The zero-order valence-electron chi connectivity index (χ0n) is 36.4. The zero-order chi connectivity index (χ0) is 45.3. The van der Waals surface area contributed by atoms with Gasteiger partial charge in [-0.05, 0) is 47.4 Å². The molecular weight excluding hydrogens is 815 g/mol. The van der Waals surface area contributed by atoms with Crippen molar-refractivity contribution in [2.24, 2.45) is 0 Å². The van der Waals surface area contributed by atoms with E-state index in [9.17, 15) is 5.11 Å². The van der Waals surface area contributed by atoms with Crippen LogP contribution in [0.4, 0.5) is 0 Å². The third kappa shape index (κ3) is 6.41. The van der Waals surface area contributed by atoms with E-state index in [-0.39, 0.29) is 16.7 Å². The van der Waals surface area contributed by atoms with E-state index >= 15 is 0 Å². The van der Waals surface area contributed by atoms with Gasteiger partial charge < -0.3 is 9.67 Å². The minimum atomic E-state index is -0.128. The summed E-state index contributed by atoms with van der Waals surface area (Å²) in [5, 5.41) is 16.2. The molecule has 0 fully saturated rings. The van der Waals surface area contributed by atoms with Gasteiger partial charge in [0, 0.05) is 43.8 Å². The van der Waals surface area contributed by atoms with Crippen molar-refractivity contribution < 1.29 is 5.11 Å². The van der Waals surface area contributed by atoms with Gasteiger partial charge in [0.25, 0.3) is 0 Å². The van der Waals surface area contributed by atoms with Crippen molar-refractivity contribution in [3.05, 3.63) is 200 Å². The molecular formula is C58H36B3N5O. The van der Waals surface area contributed by atoms with Crippen LogP contribution in [0.3, 0.4) is 0 Å². The summed E-state index contributed by atoms with van der Waals surface area (Å²) in [5.41, 5.74) is 12.5. The summed E-state index contributed by atoms with van der Waals surface area (Å²) in [5.74, 6) is 1.42. The second-order valence-electron chi connectivity index (χ2n) is 16.8. The molecule has 12 rings (SSSR count). The number of aromatic nitrogens is 5. The fourth-order valence-corrected chi connectivity index (χ4v) is 9.73. The van der Waals surface area contributed by atoms with Crippen molar-refractivity contribution in [1.29, 1.82) is 0 Å². The molecule has 1 N–H and O–H groups in total. The number of nitrogens with zero attached hydrogens (tertiary/aromatic N) is 5. The van der Waals surface area contributed by atoms with Crippen LogP contribution in [-0.4, -0.2) is 52.7 Å². The average Bonchev–Trinajstić information content (AvgIpc) is 3.91. The highest BCUT2D eigenvalue weighted by Crippen LogP contribution is 2.46. The summed E-state index contributed by atoms with van der Waals surface area (Å²) < 4.78 is 4.45. The monoisotopic (exact) mass is 851 g/mol. The van der Waals surface area contributed by atoms with Crippen molar-refractivity contribution in [1.82, 2.24) is 24.1 Å². The number of rotatable bonds is 7. The maximum absolute atomic E-state index is 12.1. The number of phenolic OH excluding ortho intramolecular Hbond substituents is 1. The highest BCUT2D eigenvalue weighted by Gasteiger charge is 2.27. The Morgan fingerprint density at radius 3 is 1.48 bits per heavy atom. The summed E-state index contributed by atoms with van der Waals surface area (Å²) >= 11 is 0. The zero-order valence-corrected chi connectivity index (χ0v) is 36.4. The first-order valence-electron chi connectivity index (χ1n) is 22.1. The lowest BCUT2D eigenvalue weighted by Crippen LogP contribution is -2.36. The van der Waals surface area contributed by atoms with E-state index in [0.717, 1.165) is 82.7 Å². The molecule has 0 aliphatic rings. The van der Waals surface area contributed by atoms with Crippen LogP contribution in [0.1, 0.15) is 5.56 Å². The molecule has 6 nitrogen and oxygen atoms in total. The average molecular weight is 851 g/mol. The SMILES string of the molecule is [B]c1c([B])c(-c2c(-c3ccccc3)cccc2-n2c3ccccc3c3ccc4c5ccccc5n(-c5nc(-c6ccccc6)nc(-c6ccc(-c7ccccc7)cc6)n5)c4c32)c(O)c([B])c1C. The lowest BCUT2D eigenvalue weighted by Gasteiger charge is -2.24. The number of aromatic hydroxyl groups is 1. The van der Waals surface area contributed by atoms with Gasteiger partial charge >= 0.3 is 0 Å². The molecule has 9 heteroatoms. The molecule has 3 heterocycles. The molecule has 9 aromatic carbocycles. The molecule has 67 heavy (non-hydrogen) atoms. The van der Waals surface area contributed by atoms with E-state index in [2.05, 4.69) is 112 Å². The fraction of sp³-hybridized carbons (Fsp3) is 0.0172. The van der Waals surface area contributed by atoms with Gasteiger partial charge in [-0.3, -0.25) is 4.57 Å². The Bertz CT molecular complexity index is 3880. The summed E-state index contributed by atoms with van der Waals surface area (Å²) in [7, 11) is 20.4. The van der Waals surface area contributed by atoms with Crippen molar-refractivity contribution >= 4 is 83.5 Å². The number of phenols is 1. The van der Waals surface area contributed by atoms with Gasteiger partial charge in [-0.25, -0.2) is 4.98 Å². The topological polar surface area (TPSA) is 68.8 Å². The van der Waals surface area contributed by atoms with E-state index in [1.54, 1.807) is 6.92 Å². The van der Waals surface area contributed by atoms with E-state index < -0.39 is 0 Å². The van der Waals surface area contributed by atoms with E-state index in [4.69, 9.17) is 38.5 Å². The number of para-hydroxylation sites is 2. The van der Waals surface area contributed by atoms with E-state index in [0.29, 0.717) is 39.8 Å². The summed E-state index contributed by atoms with van der Waals surface area (Å²) in [4.78, 5) is 15.8. The van der Waals surface area contributed by atoms with Crippen molar-refractivity contribution in [2.45, 2.75) is 6.92 Å². The molecule has 0 spiro atoms. The van der Waals surface area contributed by atoms with E-state index in [1.807, 2.05) is 91.0 Å². The Kier molecular flexibility index (Phi) is 9.54. The quantitative estimate of drug-likeness (QED) is 0.162. The molecule has 0 saturated heterocycles. The molecule has 0 unspecified atom stereocenters. The molecule has 308 valence electrons. The Hall–Kier alpha value is -8.42. The van der Waals surface area contributed by atoms with Crippen LogP contribution in [0, 0.1) is 6.92 Å². The third-order valence-electron chi connectivity index (χ3n) is 13.1. The van der Waals surface area contributed by atoms with Crippen LogP contribution in [0.2, 0.25) is 0 Å². The summed E-state index contributed by atoms with van der Waals surface area (Å²) in [6.07, 6.45) is 0. The second-order valence-corrected chi connectivity index (χ2v) is 16.8. The largest absolute Gasteiger partial charge is 0.508 e. The maximum atomic E-state index is 12.1. The number of benzene rings is 9. The molecule has 0 aliphatic carbocycles. The minimum absolute atomic E-state index is 0.128. The molecule has 12 aromatic rings. The van der Waals surface area contributed by atoms with Gasteiger partial charge in [0.2, 0.25) is 5.95 Å².